The van der Waals surface area contributed by atoms with Gasteiger partial charge in [0.2, 0.25) is 0 Å². The highest BCUT2D eigenvalue weighted by molar-refractivity contribution is 5.45. The number of rotatable bonds is 3. The highest BCUT2D eigenvalue weighted by atomic mass is 16.5. The average Bonchev–Trinajstić information content (AvgIpc) is 2.41. The van der Waals surface area contributed by atoms with Crippen molar-refractivity contribution in [3.8, 4) is 11.8 Å². The fraction of sp³-hybridized carbons (Fsp3) is 0.500. The Kier molecular flexibility index (Phi) is 4.19. The number of ether oxygens (including phenoxy) is 1. The topological polar surface area (TPSA) is 39.5 Å². The van der Waals surface area contributed by atoms with Gasteiger partial charge in [0, 0.05) is 32.7 Å². The third-order valence-electron chi connectivity index (χ3n) is 3.39. The summed E-state index contributed by atoms with van der Waals surface area (Å²) >= 11 is 0. The maximum Gasteiger partial charge on any atom is 0.136 e. The van der Waals surface area contributed by atoms with Gasteiger partial charge in [0.05, 0.1) is 12.7 Å². The lowest BCUT2D eigenvalue weighted by molar-refractivity contribution is 0.148. The van der Waals surface area contributed by atoms with E-state index >= 15 is 0 Å². The molecule has 0 saturated carbocycles. The lowest BCUT2D eigenvalue weighted by Gasteiger charge is -2.32. The summed E-state index contributed by atoms with van der Waals surface area (Å²) in [6.45, 7) is 5.31. The molecular formula is C14H19N3O. The van der Waals surface area contributed by atoms with Crippen LogP contribution in [-0.4, -0.2) is 50.1 Å². The van der Waals surface area contributed by atoms with Gasteiger partial charge in [-0.1, -0.05) is 6.07 Å². The van der Waals surface area contributed by atoms with Gasteiger partial charge < -0.3 is 9.64 Å². The Hall–Kier alpha value is -1.57. The van der Waals surface area contributed by atoms with Crippen molar-refractivity contribution in [2.24, 2.45) is 0 Å². The molecule has 0 N–H and O–H groups in total. The maximum absolute atomic E-state index is 9.06. The molecule has 0 bridgehead atoms. The molecule has 0 spiro atoms. The first kappa shape index (κ1) is 12.9. The highest BCUT2D eigenvalue weighted by Crippen LogP contribution is 2.20. The van der Waals surface area contributed by atoms with Crippen LogP contribution in [0.2, 0.25) is 0 Å². The molecule has 1 aliphatic heterocycles. The predicted molar refractivity (Wildman–Crippen MR) is 70.5 cm³/mol. The Labute approximate surface area is 108 Å². The molecule has 1 heterocycles. The van der Waals surface area contributed by atoms with E-state index in [0.717, 1.165) is 32.7 Å². The predicted octanol–water partition coefficient (Wildman–Crippen LogP) is 1.31. The molecule has 1 aromatic rings. The van der Waals surface area contributed by atoms with E-state index in [1.165, 1.54) is 5.56 Å². The van der Waals surface area contributed by atoms with E-state index in [1.807, 2.05) is 18.2 Å². The summed E-state index contributed by atoms with van der Waals surface area (Å²) in [5.41, 5.74) is 1.79. The van der Waals surface area contributed by atoms with Crippen LogP contribution in [-0.2, 0) is 6.54 Å². The zero-order valence-electron chi connectivity index (χ0n) is 11.0. The van der Waals surface area contributed by atoms with Crippen molar-refractivity contribution in [3.05, 3.63) is 29.3 Å². The highest BCUT2D eigenvalue weighted by Gasteiger charge is 2.14. The van der Waals surface area contributed by atoms with E-state index in [9.17, 15) is 0 Å². The van der Waals surface area contributed by atoms with Gasteiger partial charge in [-0.2, -0.15) is 5.26 Å². The van der Waals surface area contributed by atoms with Crippen LogP contribution < -0.4 is 4.74 Å². The largest absolute Gasteiger partial charge is 0.495 e. The number of likely N-dealkylation sites (N-methyl/N-ethyl adjacent to an activating group) is 1. The zero-order valence-corrected chi connectivity index (χ0v) is 11.0. The van der Waals surface area contributed by atoms with E-state index in [0.29, 0.717) is 11.3 Å². The maximum atomic E-state index is 9.06. The summed E-state index contributed by atoms with van der Waals surface area (Å²) < 4.78 is 5.15. The Morgan fingerprint density at radius 2 is 2.00 bits per heavy atom. The van der Waals surface area contributed by atoms with Gasteiger partial charge in [0.1, 0.15) is 11.8 Å². The second-order valence-corrected chi connectivity index (χ2v) is 4.73. The number of piperazine rings is 1. The van der Waals surface area contributed by atoms with Crippen molar-refractivity contribution in [2.45, 2.75) is 6.54 Å². The Morgan fingerprint density at radius 3 is 2.61 bits per heavy atom. The summed E-state index contributed by atoms with van der Waals surface area (Å²) in [4.78, 5) is 4.76. The lowest BCUT2D eigenvalue weighted by Crippen LogP contribution is -2.43. The number of benzene rings is 1. The average molecular weight is 245 g/mol. The van der Waals surface area contributed by atoms with Crippen LogP contribution in [0.15, 0.2) is 18.2 Å². The summed E-state index contributed by atoms with van der Waals surface area (Å²) in [5, 5.41) is 9.06. The smallest absolute Gasteiger partial charge is 0.136 e. The van der Waals surface area contributed by atoms with Crippen LogP contribution in [0.3, 0.4) is 0 Å². The minimum absolute atomic E-state index is 0.615. The fourth-order valence-electron chi connectivity index (χ4n) is 2.21. The van der Waals surface area contributed by atoms with E-state index in [4.69, 9.17) is 10.00 Å². The molecule has 0 atom stereocenters. The van der Waals surface area contributed by atoms with Gasteiger partial charge in [-0.25, -0.2) is 0 Å². The Bertz CT molecular complexity index is 445. The molecule has 1 saturated heterocycles. The van der Waals surface area contributed by atoms with Gasteiger partial charge in [-0.05, 0) is 24.7 Å². The molecule has 2 rings (SSSR count). The standard InChI is InChI=1S/C14H19N3O/c1-16-5-7-17(8-6-16)11-12-3-4-14(18-2)13(9-12)10-15/h3-4,9H,5-8,11H2,1-2H3. The molecule has 18 heavy (non-hydrogen) atoms. The molecule has 0 aliphatic carbocycles. The van der Waals surface area contributed by atoms with Crippen LogP contribution in [0.4, 0.5) is 0 Å². The SMILES string of the molecule is COc1ccc(CN2CCN(C)CC2)cc1C#N. The molecule has 0 amide bonds. The quantitative estimate of drug-likeness (QED) is 0.805. The van der Waals surface area contributed by atoms with Crippen molar-refractivity contribution >= 4 is 0 Å². The van der Waals surface area contributed by atoms with E-state index in [-0.39, 0.29) is 0 Å². The zero-order chi connectivity index (χ0) is 13.0. The Morgan fingerprint density at radius 1 is 1.28 bits per heavy atom. The molecule has 0 aromatic heterocycles. The van der Waals surface area contributed by atoms with Crippen LogP contribution in [0.1, 0.15) is 11.1 Å². The van der Waals surface area contributed by atoms with Crippen molar-refractivity contribution in [1.29, 1.82) is 5.26 Å². The molecule has 1 aromatic carbocycles. The summed E-state index contributed by atoms with van der Waals surface area (Å²) in [5.74, 6) is 0.652. The first-order valence-corrected chi connectivity index (χ1v) is 6.21. The second-order valence-electron chi connectivity index (χ2n) is 4.73. The van der Waals surface area contributed by atoms with Gasteiger partial charge in [-0.15, -0.1) is 0 Å². The van der Waals surface area contributed by atoms with E-state index in [2.05, 4.69) is 22.9 Å². The molecule has 96 valence electrons. The van der Waals surface area contributed by atoms with Crippen molar-refractivity contribution in [3.63, 3.8) is 0 Å². The van der Waals surface area contributed by atoms with E-state index < -0.39 is 0 Å². The van der Waals surface area contributed by atoms with Crippen molar-refractivity contribution in [2.75, 3.05) is 40.3 Å². The molecule has 1 fully saturated rings. The first-order chi connectivity index (χ1) is 8.72. The van der Waals surface area contributed by atoms with Crippen LogP contribution in [0.25, 0.3) is 0 Å². The molecule has 4 nitrogen and oxygen atoms in total. The second kappa shape index (κ2) is 5.85. The lowest BCUT2D eigenvalue weighted by atomic mass is 10.1. The normalized spacial score (nSPS) is 17.4. The van der Waals surface area contributed by atoms with E-state index in [1.54, 1.807) is 7.11 Å². The first-order valence-electron chi connectivity index (χ1n) is 6.21. The molecule has 0 unspecified atom stereocenters. The van der Waals surface area contributed by atoms with Gasteiger partial charge >= 0.3 is 0 Å². The monoisotopic (exact) mass is 245 g/mol. The number of nitrogens with zero attached hydrogens (tertiary/aromatic N) is 3. The van der Waals surface area contributed by atoms with Crippen molar-refractivity contribution in [1.82, 2.24) is 9.80 Å². The fourth-order valence-corrected chi connectivity index (χ4v) is 2.21. The number of hydrogen-bond acceptors (Lipinski definition) is 4. The molecule has 1 aliphatic rings. The number of nitriles is 1. The molecule has 0 radical (unpaired) electrons. The summed E-state index contributed by atoms with van der Waals surface area (Å²) in [6, 6.07) is 8.03. The third-order valence-corrected chi connectivity index (χ3v) is 3.39. The van der Waals surface area contributed by atoms with Crippen LogP contribution in [0, 0.1) is 11.3 Å². The van der Waals surface area contributed by atoms with Crippen LogP contribution >= 0.6 is 0 Å². The minimum atomic E-state index is 0.615. The summed E-state index contributed by atoms with van der Waals surface area (Å²) in [6.07, 6.45) is 0. The van der Waals surface area contributed by atoms with Gasteiger partial charge in [-0.3, -0.25) is 4.90 Å². The summed E-state index contributed by atoms with van der Waals surface area (Å²) in [7, 11) is 3.74. The van der Waals surface area contributed by atoms with Gasteiger partial charge in [0.15, 0.2) is 0 Å². The van der Waals surface area contributed by atoms with Crippen LogP contribution in [0.5, 0.6) is 5.75 Å². The number of hydrogen-bond donors (Lipinski definition) is 0. The minimum Gasteiger partial charge on any atom is -0.495 e. The Balaban J connectivity index is 2.04. The number of methoxy groups -OCH3 is 1. The van der Waals surface area contributed by atoms with Gasteiger partial charge in [0.25, 0.3) is 0 Å². The molecular weight excluding hydrogens is 226 g/mol. The third kappa shape index (κ3) is 3.00. The molecule has 4 heteroatoms. The van der Waals surface area contributed by atoms with Crippen molar-refractivity contribution < 1.29 is 4.74 Å².